The standard InChI is InChI=1S/C31H37NO5S/c1-20-6-9-25(31-21(2)16-26(17-22(31)3)37-14-5-15-38(4,35)36)19-27(20)29-12-10-24-18-23(8-13-30(33)34)7-11-28(24)32-29/h6-7,9,11,16-19,29,32H,5,8,10,12-15H2,1-4H3,(H,33,34). The SMILES string of the molecule is Cc1ccc(-c2c(C)cc(OCCCS(C)(=O)=O)cc2C)cc1C1CCc2cc(CCC(=O)O)ccc2N1. The van der Waals surface area contributed by atoms with Crippen molar-refractivity contribution in [2.75, 3.05) is 23.9 Å². The quantitative estimate of drug-likeness (QED) is 0.300. The molecule has 202 valence electrons. The number of aryl methyl sites for hydroxylation is 5. The number of carboxylic acid groups (broad SMARTS) is 1. The van der Waals surface area contributed by atoms with Crippen LogP contribution in [0.2, 0.25) is 0 Å². The molecule has 0 saturated carbocycles. The maximum absolute atomic E-state index is 11.4. The van der Waals surface area contributed by atoms with Gasteiger partial charge in [0.1, 0.15) is 15.6 Å². The first-order chi connectivity index (χ1) is 18.0. The zero-order valence-electron chi connectivity index (χ0n) is 22.6. The summed E-state index contributed by atoms with van der Waals surface area (Å²) in [5.41, 5.74) is 10.6. The molecule has 0 saturated heterocycles. The normalized spacial score (nSPS) is 15.0. The highest BCUT2D eigenvalue weighted by Gasteiger charge is 2.22. The van der Waals surface area contributed by atoms with E-state index in [9.17, 15) is 13.2 Å². The Balaban J connectivity index is 1.51. The average molecular weight is 536 g/mol. The molecule has 3 aromatic rings. The number of carbonyl (C=O) groups is 1. The Bertz CT molecular complexity index is 1420. The molecule has 0 fully saturated rings. The van der Waals surface area contributed by atoms with Crippen molar-refractivity contribution >= 4 is 21.5 Å². The summed E-state index contributed by atoms with van der Waals surface area (Å²) in [4.78, 5) is 10.9. The van der Waals surface area contributed by atoms with Gasteiger partial charge in [0.05, 0.1) is 18.4 Å². The first kappa shape index (κ1) is 27.7. The van der Waals surface area contributed by atoms with E-state index in [4.69, 9.17) is 9.84 Å². The Kier molecular flexibility index (Phi) is 8.46. The van der Waals surface area contributed by atoms with Crippen molar-refractivity contribution in [2.45, 2.75) is 58.9 Å². The second kappa shape index (κ2) is 11.6. The minimum atomic E-state index is -2.98. The highest BCUT2D eigenvalue weighted by atomic mass is 32.2. The summed E-state index contributed by atoms with van der Waals surface area (Å²) < 4.78 is 28.6. The van der Waals surface area contributed by atoms with Crippen molar-refractivity contribution in [1.29, 1.82) is 0 Å². The Morgan fingerprint density at radius 3 is 2.45 bits per heavy atom. The van der Waals surface area contributed by atoms with Crippen molar-refractivity contribution in [3.05, 3.63) is 81.9 Å². The molecule has 1 unspecified atom stereocenters. The molecule has 0 bridgehead atoms. The van der Waals surface area contributed by atoms with Crippen LogP contribution in [0, 0.1) is 20.8 Å². The van der Waals surface area contributed by atoms with Crippen LogP contribution in [-0.4, -0.2) is 38.1 Å². The number of benzene rings is 3. The number of ether oxygens (including phenoxy) is 1. The number of anilines is 1. The summed E-state index contributed by atoms with van der Waals surface area (Å²) >= 11 is 0. The zero-order chi connectivity index (χ0) is 27.4. The third kappa shape index (κ3) is 6.95. The molecule has 6 nitrogen and oxygen atoms in total. The third-order valence-electron chi connectivity index (χ3n) is 7.21. The van der Waals surface area contributed by atoms with Gasteiger partial charge >= 0.3 is 5.97 Å². The fourth-order valence-corrected chi connectivity index (χ4v) is 5.98. The molecule has 3 aromatic carbocycles. The maximum Gasteiger partial charge on any atom is 0.303 e. The fourth-order valence-electron chi connectivity index (χ4n) is 5.34. The summed E-state index contributed by atoms with van der Waals surface area (Å²) in [7, 11) is -2.98. The number of hydrogen-bond donors (Lipinski definition) is 2. The molecule has 38 heavy (non-hydrogen) atoms. The van der Waals surface area contributed by atoms with Crippen LogP contribution in [-0.2, 0) is 27.5 Å². The predicted molar refractivity (Wildman–Crippen MR) is 153 cm³/mol. The van der Waals surface area contributed by atoms with Gasteiger partial charge in [0, 0.05) is 18.4 Å². The van der Waals surface area contributed by atoms with Crippen LogP contribution >= 0.6 is 0 Å². The topological polar surface area (TPSA) is 92.7 Å². The second-order valence-electron chi connectivity index (χ2n) is 10.5. The van der Waals surface area contributed by atoms with Gasteiger partial charge in [-0.25, -0.2) is 8.42 Å². The third-order valence-corrected chi connectivity index (χ3v) is 8.24. The molecule has 0 radical (unpaired) electrons. The largest absolute Gasteiger partial charge is 0.494 e. The van der Waals surface area contributed by atoms with Gasteiger partial charge in [0.15, 0.2) is 0 Å². The molecule has 1 aliphatic rings. The van der Waals surface area contributed by atoms with E-state index in [1.54, 1.807) is 0 Å². The molecule has 0 spiro atoms. The summed E-state index contributed by atoms with van der Waals surface area (Å²) in [6.07, 6.45) is 4.33. The number of fused-ring (bicyclic) bond motifs is 1. The molecule has 2 N–H and O–H groups in total. The first-order valence-electron chi connectivity index (χ1n) is 13.1. The van der Waals surface area contributed by atoms with E-state index in [0.29, 0.717) is 19.4 Å². The highest BCUT2D eigenvalue weighted by Crippen LogP contribution is 2.38. The molecule has 1 atom stereocenters. The number of nitrogens with one attached hydrogen (secondary N) is 1. The van der Waals surface area contributed by atoms with Gasteiger partial charge < -0.3 is 15.2 Å². The molecule has 4 rings (SSSR count). The highest BCUT2D eigenvalue weighted by molar-refractivity contribution is 7.90. The van der Waals surface area contributed by atoms with Crippen molar-refractivity contribution in [2.24, 2.45) is 0 Å². The van der Waals surface area contributed by atoms with E-state index in [0.717, 1.165) is 41.0 Å². The van der Waals surface area contributed by atoms with E-state index in [1.165, 1.54) is 34.1 Å². The van der Waals surface area contributed by atoms with Gasteiger partial charge in [-0.1, -0.05) is 24.3 Å². The predicted octanol–water partition coefficient (Wildman–Crippen LogP) is 6.21. The number of rotatable bonds is 10. The Morgan fingerprint density at radius 1 is 1.03 bits per heavy atom. The lowest BCUT2D eigenvalue weighted by atomic mass is 9.87. The number of carboxylic acids is 1. The molecule has 0 aromatic heterocycles. The van der Waals surface area contributed by atoms with Gasteiger partial charge in [0.2, 0.25) is 0 Å². The van der Waals surface area contributed by atoms with Crippen LogP contribution < -0.4 is 10.1 Å². The van der Waals surface area contributed by atoms with Crippen LogP contribution in [0.5, 0.6) is 5.75 Å². The van der Waals surface area contributed by atoms with E-state index in [2.05, 4.69) is 56.4 Å². The number of hydrogen-bond acceptors (Lipinski definition) is 5. The molecule has 0 amide bonds. The summed E-state index contributed by atoms with van der Waals surface area (Å²) in [5.74, 6) is 0.118. The average Bonchev–Trinajstić information content (AvgIpc) is 2.85. The molecule has 1 aliphatic heterocycles. The lowest BCUT2D eigenvalue weighted by Gasteiger charge is -2.29. The van der Waals surface area contributed by atoms with Crippen LogP contribution in [0.15, 0.2) is 48.5 Å². The summed E-state index contributed by atoms with van der Waals surface area (Å²) in [6, 6.07) is 17.2. The monoisotopic (exact) mass is 535 g/mol. The minimum Gasteiger partial charge on any atom is -0.494 e. The van der Waals surface area contributed by atoms with Crippen LogP contribution in [0.4, 0.5) is 5.69 Å². The van der Waals surface area contributed by atoms with Gasteiger partial charge in [-0.2, -0.15) is 0 Å². The smallest absolute Gasteiger partial charge is 0.303 e. The second-order valence-corrected chi connectivity index (χ2v) is 12.7. The molecular weight excluding hydrogens is 498 g/mol. The van der Waals surface area contributed by atoms with Crippen molar-refractivity contribution in [3.63, 3.8) is 0 Å². The van der Waals surface area contributed by atoms with Crippen LogP contribution in [0.25, 0.3) is 11.1 Å². The Morgan fingerprint density at radius 2 is 1.76 bits per heavy atom. The number of sulfone groups is 1. The lowest BCUT2D eigenvalue weighted by Crippen LogP contribution is -2.19. The van der Waals surface area contributed by atoms with Gasteiger partial charge in [-0.3, -0.25) is 4.79 Å². The Labute approximate surface area is 226 Å². The molecule has 0 aliphatic carbocycles. The molecular formula is C31H37NO5S. The van der Waals surface area contributed by atoms with E-state index in [1.807, 2.05) is 18.2 Å². The summed E-state index contributed by atoms with van der Waals surface area (Å²) in [5, 5.41) is 12.7. The lowest BCUT2D eigenvalue weighted by molar-refractivity contribution is -0.136. The van der Waals surface area contributed by atoms with Crippen molar-refractivity contribution in [3.8, 4) is 16.9 Å². The van der Waals surface area contributed by atoms with Crippen molar-refractivity contribution < 1.29 is 23.1 Å². The zero-order valence-corrected chi connectivity index (χ0v) is 23.5. The molecule has 1 heterocycles. The minimum absolute atomic E-state index is 0.126. The van der Waals surface area contributed by atoms with Gasteiger partial charge in [-0.15, -0.1) is 0 Å². The molecule has 7 heteroatoms. The van der Waals surface area contributed by atoms with Gasteiger partial charge in [0.25, 0.3) is 0 Å². The van der Waals surface area contributed by atoms with E-state index < -0.39 is 15.8 Å². The first-order valence-corrected chi connectivity index (χ1v) is 15.2. The number of aliphatic carboxylic acids is 1. The maximum atomic E-state index is 11.4. The fraction of sp³-hybridized carbons (Fsp3) is 0.387. The summed E-state index contributed by atoms with van der Waals surface area (Å²) in [6.45, 7) is 6.69. The van der Waals surface area contributed by atoms with Gasteiger partial charge in [-0.05, 0) is 115 Å². The van der Waals surface area contributed by atoms with Crippen LogP contribution in [0.1, 0.15) is 58.7 Å². The van der Waals surface area contributed by atoms with Crippen molar-refractivity contribution in [1.82, 2.24) is 0 Å². The van der Waals surface area contributed by atoms with Crippen LogP contribution in [0.3, 0.4) is 0 Å². The van der Waals surface area contributed by atoms with E-state index >= 15 is 0 Å². The Hall–Kier alpha value is -3.32. The van der Waals surface area contributed by atoms with E-state index in [-0.39, 0.29) is 18.2 Å².